The fourth-order valence-corrected chi connectivity index (χ4v) is 3.61. The fourth-order valence-electron chi connectivity index (χ4n) is 3.61. The molecule has 1 aromatic heterocycles. The Labute approximate surface area is 154 Å². The van der Waals surface area contributed by atoms with Crippen LogP contribution in [0.25, 0.3) is 0 Å². The molecule has 0 radical (unpaired) electrons. The monoisotopic (exact) mass is 357 g/mol. The van der Waals surface area contributed by atoms with Gasteiger partial charge in [0, 0.05) is 19.3 Å². The van der Waals surface area contributed by atoms with E-state index in [9.17, 15) is 9.90 Å². The van der Waals surface area contributed by atoms with Gasteiger partial charge in [-0.3, -0.25) is 9.78 Å². The van der Waals surface area contributed by atoms with Crippen molar-refractivity contribution in [3.8, 4) is 11.5 Å². The molecular weight excluding hydrogens is 330 g/mol. The number of nitrogens with zero attached hydrogens (tertiary/aromatic N) is 3. The van der Waals surface area contributed by atoms with Crippen LogP contribution in [0.1, 0.15) is 49.9 Å². The zero-order valence-corrected chi connectivity index (χ0v) is 15.7. The molecule has 0 atom stereocenters. The Morgan fingerprint density at radius 3 is 2.81 bits per heavy atom. The van der Waals surface area contributed by atoms with Crippen molar-refractivity contribution in [2.45, 2.75) is 45.6 Å². The van der Waals surface area contributed by atoms with E-state index in [1.165, 1.54) is 35.7 Å². The number of aromatic hydroxyl groups is 1. The van der Waals surface area contributed by atoms with Crippen molar-refractivity contribution in [2.75, 3.05) is 20.3 Å². The third kappa shape index (κ3) is 3.69. The van der Waals surface area contributed by atoms with Gasteiger partial charge >= 0.3 is 0 Å². The van der Waals surface area contributed by atoms with Gasteiger partial charge in [0.2, 0.25) is 0 Å². The molecule has 2 aliphatic rings. The van der Waals surface area contributed by atoms with Crippen LogP contribution in [0.4, 0.5) is 0 Å². The van der Waals surface area contributed by atoms with Gasteiger partial charge in [-0.1, -0.05) is 0 Å². The van der Waals surface area contributed by atoms with Crippen molar-refractivity contribution in [1.29, 1.82) is 0 Å². The average molecular weight is 357 g/mol. The largest absolute Gasteiger partial charge is 0.505 e. The number of pyridine rings is 1. The molecule has 6 nitrogen and oxygen atoms in total. The number of hydrogen-bond donors (Lipinski definition) is 1. The van der Waals surface area contributed by atoms with Crippen LogP contribution < -0.4 is 4.74 Å². The van der Waals surface area contributed by atoms with E-state index < -0.39 is 0 Å². The topological polar surface area (TPSA) is 65.9 Å². The van der Waals surface area contributed by atoms with E-state index in [1.807, 2.05) is 0 Å². The Morgan fingerprint density at radius 2 is 2.08 bits per heavy atom. The number of carbonyl (C=O) groups is 1. The van der Waals surface area contributed by atoms with Crippen LogP contribution in [0.3, 0.4) is 0 Å². The molecule has 0 saturated heterocycles. The molecule has 0 fully saturated rings. The normalized spacial score (nSPS) is 17.8. The predicted molar refractivity (Wildman–Crippen MR) is 100.0 cm³/mol. The van der Waals surface area contributed by atoms with E-state index in [0.717, 1.165) is 25.9 Å². The summed E-state index contributed by atoms with van der Waals surface area (Å²) in [5.74, 6) is 0.178. The van der Waals surface area contributed by atoms with Gasteiger partial charge < -0.3 is 19.6 Å². The van der Waals surface area contributed by atoms with Gasteiger partial charge in [0.1, 0.15) is 17.9 Å². The van der Waals surface area contributed by atoms with Crippen molar-refractivity contribution >= 4 is 6.29 Å². The summed E-state index contributed by atoms with van der Waals surface area (Å²) in [5, 5.41) is 9.77. The minimum absolute atomic E-state index is 0.151. The van der Waals surface area contributed by atoms with Gasteiger partial charge in [-0.05, 0) is 50.7 Å². The molecule has 0 spiro atoms. The summed E-state index contributed by atoms with van der Waals surface area (Å²) < 4.78 is 5.89. The Kier molecular flexibility index (Phi) is 5.49. The maximum atomic E-state index is 11.2. The number of rotatable bonds is 6. The van der Waals surface area contributed by atoms with Crippen molar-refractivity contribution in [3.63, 3.8) is 0 Å². The van der Waals surface area contributed by atoms with Crippen LogP contribution in [-0.2, 0) is 0 Å². The third-order valence-electron chi connectivity index (χ3n) is 4.99. The lowest BCUT2D eigenvalue weighted by molar-refractivity contribution is 0.111. The maximum absolute atomic E-state index is 11.2. The fraction of sp³-hybridized carbons (Fsp3) is 0.500. The quantitative estimate of drug-likeness (QED) is 0.788. The highest BCUT2D eigenvalue weighted by molar-refractivity contribution is 5.82. The highest BCUT2D eigenvalue weighted by Crippen LogP contribution is 2.35. The van der Waals surface area contributed by atoms with E-state index in [1.54, 1.807) is 0 Å². The molecule has 2 heterocycles. The number of aldehydes is 1. The van der Waals surface area contributed by atoms with Gasteiger partial charge in [0.25, 0.3) is 0 Å². The first-order valence-electron chi connectivity index (χ1n) is 9.16. The van der Waals surface area contributed by atoms with E-state index in [-0.39, 0.29) is 11.3 Å². The molecule has 140 valence electrons. The number of aromatic nitrogens is 1. The summed E-state index contributed by atoms with van der Waals surface area (Å²) in [6.07, 6.45) is 9.91. The lowest BCUT2D eigenvalue weighted by atomic mass is 9.89. The van der Waals surface area contributed by atoms with E-state index in [4.69, 9.17) is 4.74 Å². The molecule has 1 aliphatic heterocycles. The molecule has 0 bridgehead atoms. The molecule has 6 heteroatoms. The number of carbonyl (C=O) groups excluding carboxylic acids is 1. The van der Waals surface area contributed by atoms with Crippen LogP contribution in [0.2, 0.25) is 0 Å². The second-order valence-electron chi connectivity index (χ2n) is 7.24. The predicted octanol–water partition coefficient (Wildman–Crippen LogP) is 3.30. The summed E-state index contributed by atoms with van der Waals surface area (Å²) in [6.45, 7) is 5.73. The number of ether oxygens (including phenoxy) is 1. The minimum atomic E-state index is -0.151. The summed E-state index contributed by atoms with van der Waals surface area (Å²) >= 11 is 0. The Balaban J connectivity index is 1.86. The molecule has 1 N–H and O–H groups in total. The van der Waals surface area contributed by atoms with Crippen LogP contribution in [0.15, 0.2) is 35.4 Å². The molecule has 3 rings (SSSR count). The standard InChI is InChI=1S/C20H27N3O3/c1-14(2)23-13-22(3)10-18(23)16-7-5-4-6-15(16)12-26-20-9-21-8-19(25)17(20)11-24/h8-11,14,25H,4-7,12-13H2,1-3H3. The van der Waals surface area contributed by atoms with Gasteiger partial charge in [-0.15, -0.1) is 0 Å². The van der Waals surface area contributed by atoms with Gasteiger partial charge in [0.15, 0.2) is 12.0 Å². The van der Waals surface area contributed by atoms with E-state index in [2.05, 4.69) is 41.9 Å². The third-order valence-corrected chi connectivity index (χ3v) is 4.99. The Hall–Kier alpha value is -2.50. The average Bonchev–Trinajstić information content (AvgIpc) is 3.02. The summed E-state index contributed by atoms with van der Waals surface area (Å²) in [7, 11) is 2.09. The maximum Gasteiger partial charge on any atom is 0.157 e. The molecule has 0 amide bonds. The SMILES string of the molecule is CC(C)N1CN(C)C=C1C1=C(COc2cncc(O)c2C=O)CCCC1. The minimum Gasteiger partial charge on any atom is -0.505 e. The Bertz CT molecular complexity index is 740. The molecule has 0 aromatic carbocycles. The zero-order chi connectivity index (χ0) is 18.7. The molecule has 1 aliphatic carbocycles. The molecule has 26 heavy (non-hydrogen) atoms. The van der Waals surface area contributed by atoms with Gasteiger partial charge in [-0.25, -0.2) is 0 Å². The van der Waals surface area contributed by atoms with Crippen molar-refractivity contribution in [1.82, 2.24) is 14.8 Å². The lowest BCUT2D eigenvalue weighted by Gasteiger charge is -2.31. The highest BCUT2D eigenvalue weighted by Gasteiger charge is 2.27. The highest BCUT2D eigenvalue weighted by atomic mass is 16.5. The molecule has 1 aromatic rings. The van der Waals surface area contributed by atoms with Crippen LogP contribution in [0, 0.1) is 0 Å². The van der Waals surface area contributed by atoms with Crippen molar-refractivity contribution in [2.24, 2.45) is 0 Å². The van der Waals surface area contributed by atoms with Crippen LogP contribution in [-0.4, -0.2) is 52.5 Å². The first kappa shape index (κ1) is 18.3. The van der Waals surface area contributed by atoms with E-state index >= 15 is 0 Å². The second kappa shape index (κ2) is 7.81. The van der Waals surface area contributed by atoms with E-state index in [0.29, 0.717) is 24.7 Å². The van der Waals surface area contributed by atoms with Crippen LogP contribution in [0.5, 0.6) is 11.5 Å². The van der Waals surface area contributed by atoms with Crippen LogP contribution >= 0.6 is 0 Å². The van der Waals surface area contributed by atoms with Crippen molar-refractivity contribution < 1.29 is 14.6 Å². The van der Waals surface area contributed by atoms with Gasteiger partial charge in [-0.2, -0.15) is 0 Å². The molecule has 0 unspecified atom stereocenters. The summed E-state index contributed by atoms with van der Waals surface area (Å²) in [4.78, 5) is 19.8. The van der Waals surface area contributed by atoms with Crippen molar-refractivity contribution in [3.05, 3.63) is 41.0 Å². The molecule has 0 saturated carbocycles. The Morgan fingerprint density at radius 1 is 1.31 bits per heavy atom. The second-order valence-corrected chi connectivity index (χ2v) is 7.24. The smallest absolute Gasteiger partial charge is 0.157 e. The van der Waals surface area contributed by atoms with Gasteiger partial charge in [0.05, 0.1) is 24.8 Å². The number of allylic oxidation sites excluding steroid dienone is 1. The zero-order valence-electron chi connectivity index (χ0n) is 15.7. The number of hydrogen-bond acceptors (Lipinski definition) is 6. The summed E-state index contributed by atoms with van der Waals surface area (Å²) in [6, 6.07) is 0.430. The summed E-state index contributed by atoms with van der Waals surface area (Å²) in [5.41, 5.74) is 4.06. The first-order chi connectivity index (χ1) is 12.5. The first-order valence-corrected chi connectivity index (χ1v) is 9.16. The molecular formula is C20H27N3O3. The lowest BCUT2D eigenvalue weighted by Crippen LogP contribution is -2.32.